The topological polar surface area (TPSA) is 71.8 Å². The van der Waals surface area contributed by atoms with E-state index in [0.717, 1.165) is 5.56 Å². The lowest BCUT2D eigenvalue weighted by atomic mass is 10.2. The molecule has 1 aromatic heterocycles. The van der Waals surface area contributed by atoms with Crippen LogP contribution in [0.4, 0.5) is 4.79 Å². The average Bonchev–Trinajstić information content (AvgIpc) is 2.81. The van der Waals surface area contributed by atoms with E-state index in [2.05, 4.69) is 20.7 Å². The molecule has 1 aromatic carbocycles. The molecule has 0 saturated carbocycles. The molecule has 0 aliphatic rings. The van der Waals surface area contributed by atoms with Gasteiger partial charge in [-0.05, 0) is 5.56 Å². The lowest BCUT2D eigenvalue weighted by Gasteiger charge is -2.07. The number of carbonyl (C=O) groups excluding carboxylic acids is 1. The van der Waals surface area contributed by atoms with Crippen molar-refractivity contribution in [2.45, 2.75) is 13.1 Å². The molecular formula is C12H15N5O. The molecule has 2 N–H and O–H groups in total. The van der Waals surface area contributed by atoms with Gasteiger partial charge in [0.15, 0.2) is 0 Å². The number of benzene rings is 1. The van der Waals surface area contributed by atoms with Gasteiger partial charge < -0.3 is 10.6 Å². The predicted molar refractivity (Wildman–Crippen MR) is 66.5 cm³/mol. The number of urea groups is 1. The highest BCUT2D eigenvalue weighted by molar-refractivity contribution is 5.73. The first-order valence-corrected chi connectivity index (χ1v) is 5.64. The summed E-state index contributed by atoms with van der Waals surface area (Å²) in [7, 11) is 1.78. The SMILES string of the molecule is Cn1ncnc1CNC(=O)NCc1ccccc1. The summed E-state index contributed by atoms with van der Waals surface area (Å²) < 4.78 is 1.62. The van der Waals surface area contributed by atoms with E-state index in [1.807, 2.05) is 30.3 Å². The maximum Gasteiger partial charge on any atom is 0.315 e. The first kappa shape index (κ1) is 12.1. The van der Waals surface area contributed by atoms with E-state index in [1.54, 1.807) is 11.7 Å². The molecule has 0 bridgehead atoms. The van der Waals surface area contributed by atoms with Gasteiger partial charge in [-0.3, -0.25) is 4.68 Å². The second-order valence-electron chi connectivity index (χ2n) is 3.82. The van der Waals surface area contributed by atoms with Gasteiger partial charge in [0.1, 0.15) is 12.2 Å². The number of amides is 2. The molecule has 1 heterocycles. The lowest BCUT2D eigenvalue weighted by molar-refractivity contribution is 0.239. The summed E-state index contributed by atoms with van der Waals surface area (Å²) in [5.41, 5.74) is 1.06. The first-order chi connectivity index (χ1) is 8.75. The Balaban J connectivity index is 1.75. The maximum absolute atomic E-state index is 11.5. The van der Waals surface area contributed by atoms with E-state index >= 15 is 0 Å². The summed E-state index contributed by atoms with van der Waals surface area (Å²) in [5, 5.41) is 9.42. The van der Waals surface area contributed by atoms with E-state index in [4.69, 9.17) is 0 Å². The first-order valence-electron chi connectivity index (χ1n) is 5.64. The summed E-state index contributed by atoms with van der Waals surface area (Å²) in [5.74, 6) is 0.713. The number of hydrogen-bond acceptors (Lipinski definition) is 3. The Labute approximate surface area is 105 Å². The van der Waals surface area contributed by atoms with Gasteiger partial charge >= 0.3 is 6.03 Å². The van der Waals surface area contributed by atoms with Crippen molar-refractivity contribution in [1.29, 1.82) is 0 Å². The van der Waals surface area contributed by atoms with E-state index in [9.17, 15) is 4.79 Å². The van der Waals surface area contributed by atoms with Crippen molar-refractivity contribution >= 4 is 6.03 Å². The smallest absolute Gasteiger partial charge is 0.315 e. The van der Waals surface area contributed by atoms with Crippen LogP contribution in [0.5, 0.6) is 0 Å². The van der Waals surface area contributed by atoms with E-state index in [1.165, 1.54) is 6.33 Å². The second-order valence-corrected chi connectivity index (χ2v) is 3.82. The standard InChI is InChI=1S/C12H15N5O/c1-17-11(15-9-16-17)8-14-12(18)13-7-10-5-3-2-4-6-10/h2-6,9H,7-8H2,1H3,(H2,13,14,18). The monoisotopic (exact) mass is 245 g/mol. The van der Waals surface area contributed by atoms with Crippen LogP contribution in [0.3, 0.4) is 0 Å². The van der Waals surface area contributed by atoms with Crippen LogP contribution in [-0.4, -0.2) is 20.8 Å². The van der Waals surface area contributed by atoms with E-state index < -0.39 is 0 Å². The van der Waals surface area contributed by atoms with Crippen molar-refractivity contribution in [3.05, 3.63) is 48.0 Å². The molecule has 0 atom stereocenters. The van der Waals surface area contributed by atoms with Gasteiger partial charge in [-0.2, -0.15) is 5.10 Å². The normalized spacial score (nSPS) is 10.1. The second kappa shape index (κ2) is 5.81. The predicted octanol–water partition coefficient (Wildman–Crippen LogP) is 0.814. The van der Waals surface area contributed by atoms with Crippen LogP contribution in [0.25, 0.3) is 0 Å². The van der Waals surface area contributed by atoms with Gasteiger partial charge in [-0.15, -0.1) is 0 Å². The Morgan fingerprint density at radius 2 is 1.94 bits per heavy atom. The molecule has 0 aliphatic heterocycles. The minimum atomic E-state index is -0.221. The summed E-state index contributed by atoms with van der Waals surface area (Å²) in [6.45, 7) is 0.864. The highest BCUT2D eigenvalue weighted by Crippen LogP contribution is 1.97. The van der Waals surface area contributed by atoms with Crippen molar-refractivity contribution < 1.29 is 4.79 Å². The molecule has 2 aromatic rings. The highest BCUT2D eigenvalue weighted by atomic mass is 16.2. The van der Waals surface area contributed by atoms with Gasteiger partial charge in [-0.1, -0.05) is 30.3 Å². The van der Waals surface area contributed by atoms with Crippen LogP contribution in [0.1, 0.15) is 11.4 Å². The Morgan fingerprint density at radius 1 is 1.22 bits per heavy atom. The third kappa shape index (κ3) is 3.31. The number of carbonyl (C=O) groups is 1. The van der Waals surface area contributed by atoms with Gasteiger partial charge in [0.05, 0.1) is 6.54 Å². The van der Waals surface area contributed by atoms with E-state index in [-0.39, 0.29) is 6.03 Å². The maximum atomic E-state index is 11.5. The quantitative estimate of drug-likeness (QED) is 0.837. The van der Waals surface area contributed by atoms with E-state index in [0.29, 0.717) is 18.9 Å². The van der Waals surface area contributed by atoms with Crippen molar-refractivity contribution in [2.24, 2.45) is 7.05 Å². The van der Waals surface area contributed by atoms with Crippen LogP contribution in [0.15, 0.2) is 36.7 Å². The molecule has 0 spiro atoms. The number of aryl methyl sites for hydroxylation is 1. The van der Waals surface area contributed by atoms with Crippen molar-refractivity contribution in [2.75, 3.05) is 0 Å². The summed E-state index contributed by atoms with van der Waals surface area (Å²) in [6, 6.07) is 9.52. The zero-order valence-electron chi connectivity index (χ0n) is 10.1. The molecule has 94 valence electrons. The van der Waals surface area contributed by atoms with Crippen LogP contribution < -0.4 is 10.6 Å². The minimum absolute atomic E-state index is 0.221. The molecule has 2 rings (SSSR count). The van der Waals surface area contributed by atoms with Crippen LogP contribution in [0, 0.1) is 0 Å². The zero-order chi connectivity index (χ0) is 12.8. The average molecular weight is 245 g/mol. The Hall–Kier alpha value is -2.37. The summed E-state index contributed by atoms with van der Waals surface area (Å²) in [4.78, 5) is 15.6. The fourth-order valence-electron chi connectivity index (χ4n) is 1.48. The molecule has 0 aliphatic carbocycles. The van der Waals surface area contributed by atoms with Gasteiger partial charge in [-0.25, -0.2) is 9.78 Å². The fourth-order valence-corrected chi connectivity index (χ4v) is 1.48. The number of nitrogens with zero attached hydrogens (tertiary/aromatic N) is 3. The molecule has 6 nitrogen and oxygen atoms in total. The zero-order valence-corrected chi connectivity index (χ0v) is 10.1. The number of hydrogen-bond donors (Lipinski definition) is 2. The van der Waals surface area contributed by atoms with Crippen LogP contribution in [-0.2, 0) is 20.1 Å². The third-order valence-corrected chi connectivity index (χ3v) is 2.51. The van der Waals surface area contributed by atoms with Gasteiger partial charge in [0, 0.05) is 13.6 Å². The molecule has 0 fully saturated rings. The summed E-state index contributed by atoms with van der Waals surface area (Å²) >= 11 is 0. The lowest BCUT2D eigenvalue weighted by Crippen LogP contribution is -2.35. The molecule has 0 saturated heterocycles. The van der Waals surface area contributed by atoms with Crippen molar-refractivity contribution in [1.82, 2.24) is 25.4 Å². The number of nitrogens with one attached hydrogen (secondary N) is 2. The highest BCUT2D eigenvalue weighted by Gasteiger charge is 2.03. The number of rotatable bonds is 4. The van der Waals surface area contributed by atoms with Gasteiger partial charge in [0.2, 0.25) is 0 Å². The number of aromatic nitrogens is 3. The van der Waals surface area contributed by atoms with Crippen molar-refractivity contribution in [3.8, 4) is 0 Å². The Morgan fingerprint density at radius 3 is 2.61 bits per heavy atom. The molecule has 2 amide bonds. The van der Waals surface area contributed by atoms with Crippen LogP contribution >= 0.6 is 0 Å². The van der Waals surface area contributed by atoms with Crippen LogP contribution in [0.2, 0.25) is 0 Å². The minimum Gasteiger partial charge on any atom is -0.334 e. The fraction of sp³-hybridized carbons (Fsp3) is 0.250. The Bertz CT molecular complexity index is 508. The molecular weight excluding hydrogens is 230 g/mol. The molecule has 6 heteroatoms. The van der Waals surface area contributed by atoms with Gasteiger partial charge in [0.25, 0.3) is 0 Å². The molecule has 0 radical (unpaired) electrons. The molecule has 18 heavy (non-hydrogen) atoms. The third-order valence-electron chi connectivity index (χ3n) is 2.51. The largest absolute Gasteiger partial charge is 0.334 e. The van der Waals surface area contributed by atoms with Crippen molar-refractivity contribution in [3.63, 3.8) is 0 Å². The summed E-state index contributed by atoms with van der Waals surface area (Å²) in [6.07, 6.45) is 1.46. The molecule has 0 unspecified atom stereocenters. The Kier molecular flexibility index (Phi) is 3.90.